The van der Waals surface area contributed by atoms with Crippen LogP contribution in [0.4, 0.5) is 0 Å². The smallest absolute Gasteiger partial charge is 0.115 e. The third-order valence-corrected chi connectivity index (χ3v) is 18.9. The number of unbranched alkanes of at least 4 members (excludes halogenated alkanes) is 1. The molecule has 8 unspecified atom stereocenters. The Morgan fingerprint density at radius 2 is 0.616 bits per heavy atom. The van der Waals surface area contributed by atoms with Crippen LogP contribution in [0.25, 0.3) is 0 Å². The second-order valence-corrected chi connectivity index (χ2v) is 31.9. The van der Waals surface area contributed by atoms with Gasteiger partial charge in [0, 0.05) is 81.9 Å². The van der Waals surface area contributed by atoms with Crippen molar-refractivity contribution in [2.24, 2.45) is 0 Å². The summed E-state index contributed by atoms with van der Waals surface area (Å²) in [6.07, 6.45) is 5.09. The number of aliphatic hydroxyl groups is 8. The quantitative estimate of drug-likeness (QED) is 0.0162. The Hall–Kier alpha value is -10.8. The zero-order chi connectivity index (χ0) is 92.0. The highest BCUT2D eigenvalue weighted by molar-refractivity contribution is 5.34. The number of phenols is 8. The maximum atomic E-state index is 10.2. The number of hydrogen-bond acceptors (Lipinski definition) is 24. The van der Waals surface area contributed by atoms with Crippen LogP contribution >= 0.6 is 0 Å². The standard InChI is InChI=1S/C18H23NO2.C15H17NO2.2C12H19NO2.C11H12N2O2.2C11H17NO2.C10H15NO2/c1-18(2,12-14-6-4-3-5-7-14)19-13-17(21)15-8-10-16(20)11-9-15;17-14-8-6-13(7-9-14)15(18)11-16-10-12-4-2-1-3-5-12;1-12(2,3)13-8-11(15)9-4-6-10(14)7-5-9;1-2-3-8-13-9-12(15)10-4-6-11(14)7-5-10;14-10-3-1-9(2-4-10)11(15)7-13-6-5-12-8-13;1-8(2)12-7-11(14)9-3-5-10(13)6-4-9;1-2-7-12-8-11(14)9-3-5-10(13)6-4-9;1-2-11-7-10(13)8-3-5-9(12)6-4-8/h3-11,17,19-21H,12-13H2,1-2H3;1-9,15-18H,10-11H2;4-7,11,13-15H,8H2,1-3H3;4-7,12-15H,2-3,8-9H2,1H3;1-6,8,11,14-15H,7H2;3-6,8,11-14H,7H2,1-2H3;3-6,11-14H,2,7-8H2,1H3;3-6,10-13H,2,7H2,1H3. The number of rotatable bonds is 36. The fourth-order valence-electron chi connectivity index (χ4n) is 11.6. The van der Waals surface area contributed by atoms with Crippen molar-refractivity contribution in [3.05, 3.63) is 329 Å². The van der Waals surface area contributed by atoms with Crippen molar-refractivity contribution in [2.45, 2.75) is 174 Å². The summed E-state index contributed by atoms with van der Waals surface area (Å²) in [5, 5.41) is 174. The SMILES string of the molecule is CC(C)(C)NCC(O)c1ccc(O)cc1.CC(C)(Cc1ccccc1)NCC(O)c1ccc(O)cc1.CC(C)NCC(O)c1ccc(O)cc1.CCCCNCC(O)c1ccc(O)cc1.CCCNCC(O)c1ccc(O)cc1.CCNCC(O)c1ccc(O)cc1.Oc1ccc(C(O)CNCc2ccccc2)cc1.Oc1ccc(C(O)Cn2ccnc2)cc1. The van der Waals surface area contributed by atoms with E-state index in [0.29, 0.717) is 58.4 Å². The topological polar surface area (TPSA) is 426 Å². The lowest BCUT2D eigenvalue weighted by Gasteiger charge is -2.28. The van der Waals surface area contributed by atoms with E-state index in [1.165, 1.54) is 11.1 Å². The molecule has 0 aliphatic heterocycles. The molecule has 0 saturated heterocycles. The molecular formula is C100H139N9O16. The maximum Gasteiger partial charge on any atom is 0.115 e. The molecule has 0 aliphatic rings. The summed E-state index contributed by atoms with van der Waals surface area (Å²) in [6.45, 7) is 28.2. The minimum absolute atomic E-state index is 0.00208. The summed E-state index contributed by atoms with van der Waals surface area (Å²) in [7, 11) is 0. The van der Waals surface area contributed by atoms with Crippen LogP contribution < -0.4 is 37.2 Å². The van der Waals surface area contributed by atoms with Gasteiger partial charge in [-0.05, 0) is 226 Å². The summed E-state index contributed by atoms with van der Waals surface area (Å²) < 4.78 is 1.80. The molecule has 1 heterocycles. The summed E-state index contributed by atoms with van der Waals surface area (Å²) in [5.74, 6) is 1.74. The first-order valence-corrected chi connectivity index (χ1v) is 42.5. The number of benzene rings is 10. The van der Waals surface area contributed by atoms with Crippen molar-refractivity contribution in [3.63, 3.8) is 0 Å². The fourth-order valence-corrected chi connectivity index (χ4v) is 11.6. The van der Waals surface area contributed by atoms with Gasteiger partial charge in [-0.1, -0.05) is 199 Å². The first kappa shape index (κ1) is 107. The monoisotopic (exact) mass is 1720 g/mol. The highest BCUT2D eigenvalue weighted by Crippen LogP contribution is 2.25. The average Bonchev–Trinajstić information content (AvgIpc) is 1.36. The molecule has 680 valence electrons. The Labute approximate surface area is 739 Å². The molecule has 0 spiro atoms. The van der Waals surface area contributed by atoms with Gasteiger partial charge in [-0.15, -0.1) is 0 Å². The molecule has 0 amide bonds. The number of aliphatic hydroxyl groups excluding tert-OH is 8. The lowest BCUT2D eigenvalue weighted by atomic mass is 9.94. The Balaban J connectivity index is 0.000000301. The Morgan fingerprint density at radius 1 is 0.320 bits per heavy atom. The maximum absolute atomic E-state index is 10.2. The number of imidazole rings is 1. The molecule has 10 aromatic carbocycles. The van der Waals surface area contributed by atoms with Gasteiger partial charge in [-0.25, -0.2) is 4.98 Å². The minimum atomic E-state index is -0.584. The third-order valence-electron chi connectivity index (χ3n) is 18.9. The van der Waals surface area contributed by atoms with Crippen molar-refractivity contribution in [2.75, 3.05) is 65.4 Å². The van der Waals surface area contributed by atoms with Gasteiger partial charge in [-0.3, -0.25) is 0 Å². The van der Waals surface area contributed by atoms with E-state index in [1.54, 1.807) is 217 Å². The summed E-state index contributed by atoms with van der Waals surface area (Å²) in [4.78, 5) is 3.89. The number of aromatic hydroxyl groups is 8. The Kier molecular flexibility index (Phi) is 51.1. The van der Waals surface area contributed by atoms with E-state index in [-0.39, 0.29) is 57.1 Å². The molecule has 25 nitrogen and oxygen atoms in total. The normalized spacial score (nSPS) is 12.9. The van der Waals surface area contributed by atoms with Crippen LogP contribution in [-0.4, -0.2) is 174 Å². The number of hydrogen-bond donors (Lipinski definition) is 23. The van der Waals surface area contributed by atoms with Crippen LogP contribution in [0.5, 0.6) is 46.0 Å². The van der Waals surface area contributed by atoms with Crippen molar-refractivity contribution in [1.82, 2.24) is 46.8 Å². The van der Waals surface area contributed by atoms with Gasteiger partial charge >= 0.3 is 0 Å². The summed E-state index contributed by atoms with van der Waals surface area (Å²) in [6, 6.07) is 73.6. The van der Waals surface area contributed by atoms with E-state index in [9.17, 15) is 46.0 Å². The molecule has 23 N–H and O–H groups in total. The van der Waals surface area contributed by atoms with Crippen LogP contribution in [-0.2, 0) is 19.5 Å². The zero-order valence-electron chi connectivity index (χ0n) is 74.0. The number of phenolic OH excluding ortho intramolecular Hbond substituents is 8. The van der Waals surface area contributed by atoms with Gasteiger partial charge in [0.2, 0.25) is 0 Å². The van der Waals surface area contributed by atoms with E-state index in [2.05, 4.69) is 103 Å². The van der Waals surface area contributed by atoms with Crippen LogP contribution in [0, 0.1) is 0 Å². The Bertz CT molecular complexity index is 4490. The van der Waals surface area contributed by atoms with Crippen molar-refractivity contribution in [1.29, 1.82) is 0 Å². The van der Waals surface area contributed by atoms with Crippen LogP contribution in [0.1, 0.15) is 193 Å². The molecule has 25 heteroatoms. The molecule has 1 aromatic heterocycles. The van der Waals surface area contributed by atoms with Gasteiger partial charge < -0.3 is 123 Å². The molecule has 0 fully saturated rings. The zero-order valence-corrected chi connectivity index (χ0v) is 74.0. The lowest BCUT2D eigenvalue weighted by Crippen LogP contribution is -2.43. The van der Waals surface area contributed by atoms with Gasteiger partial charge in [0.1, 0.15) is 46.0 Å². The second kappa shape index (κ2) is 59.9. The van der Waals surface area contributed by atoms with E-state index in [1.807, 2.05) is 69.3 Å². The molecular weight excluding hydrogens is 1580 g/mol. The van der Waals surface area contributed by atoms with Gasteiger partial charge in [-0.2, -0.15) is 0 Å². The summed E-state index contributed by atoms with van der Waals surface area (Å²) in [5.41, 5.74) is 8.84. The van der Waals surface area contributed by atoms with Crippen LogP contribution in [0.3, 0.4) is 0 Å². The number of nitrogens with one attached hydrogen (secondary N) is 7. The first-order chi connectivity index (χ1) is 59.7. The molecule has 0 bridgehead atoms. The molecule has 0 radical (unpaired) electrons. The van der Waals surface area contributed by atoms with Crippen molar-refractivity contribution in [3.8, 4) is 46.0 Å². The Morgan fingerprint density at radius 3 is 0.920 bits per heavy atom. The fraction of sp³-hybridized carbons (Fsp3) is 0.370. The third kappa shape index (κ3) is 47.8. The number of aromatic nitrogens is 2. The lowest BCUT2D eigenvalue weighted by molar-refractivity contribution is 0.156. The molecule has 11 aromatic rings. The van der Waals surface area contributed by atoms with E-state index in [4.69, 9.17) is 35.7 Å². The molecule has 11 rings (SSSR count). The van der Waals surface area contributed by atoms with Crippen molar-refractivity contribution < 1.29 is 81.7 Å². The van der Waals surface area contributed by atoms with Gasteiger partial charge in [0.05, 0.1) is 61.7 Å². The first-order valence-electron chi connectivity index (χ1n) is 42.5. The predicted molar refractivity (Wildman–Crippen MR) is 498 cm³/mol. The minimum Gasteiger partial charge on any atom is -0.508 e. The largest absolute Gasteiger partial charge is 0.508 e. The van der Waals surface area contributed by atoms with E-state index < -0.39 is 48.8 Å². The molecule has 125 heavy (non-hydrogen) atoms. The molecule has 0 aliphatic carbocycles. The highest BCUT2D eigenvalue weighted by Gasteiger charge is 2.21. The van der Waals surface area contributed by atoms with Gasteiger partial charge in [0.15, 0.2) is 0 Å². The highest BCUT2D eigenvalue weighted by atomic mass is 16.3. The molecule has 8 atom stereocenters. The van der Waals surface area contributed by atoms with Crippen molar-refractivity contribution >= 4 is 0 Å². The number of likely N-dealkylation sites (N-methyl/N-ethyl adjacent to an activating group) is 1. The number of nitrogens with zero attached hydrogens (tertiary/aromatic N) is 2. The second-order valence-electron chi connectivity index (χ2n) is 31.9. The molecule has 0 saturated carbocycles. The van der Waals surface area contributed by atoms with Crippen LogP contribution in [0.2, 0.25) is 0 Å². The average molecular weight is 1720 g/mol. The van der Waals surface area contributed by atoms with Gasteiger partial charge in [0.25, 0.3) is 0 Å². The predicted octanol–water partition coefficient (Wildman–Crippen LogP) is 14.1. The number of β-amino-alcohol motifs (C(OH)–C–C–N with tert-alkyl or cyclic N) is 2. The van der Waals surface area contributed by atoms with E-state index >= 15 is 0 Å². The van der Waals surface area contributed by atoms with Crippen LogP contribution in [0.15, 0.2) is 274 Å². The van der Waals surface area contributed by atoms with E-state index in [0.717, 1.165) is 96.4 Å². The summed E-state index contributed by atoms with van der Waals surface area (Å²) >= 11 is 0.